The van der Waals surface area contributed by atoms with Gasteiger partial charge in [0, 0.05) is 6.61 Å². The van der Waals surface area contributed by atoms with Crippen molar-refractivity contribution in [2.75, 3.05) is 6.61 Å². The summed E-state index contributed by atoms with van der Waals surface area (Å²) in [5, 5.41) is 9.17. The second kappa shape index (κ2) is 5.64. The van der Waals surface area contributed by atoms with Crippen LogP contribution in [-0.2, 0) is 0 Å². The molecule has 1 unspecified atom stereocenters. The van der Waals surface area contributed by atoms with Crippen molar-refractivity contribution in [2.45, 2.75) is 53.9 Å². The van der Waals surface area contributed by atoms with Crippen molar-refractivity contribution in [2.24, 2.45) is 17.3 Å². The van der Waals surface area contributed by atoms with Crippen molar-refractivity contribution in [3.8, 4) is 0 Å². The Balaban J connectivity index is 3.72. The van der Waals surface area contributed by atoms with Gasteiger partial charge in [0.15, 0.2) is 0 Å². The number of rotatable bonds is 5. The standard InChI is InChI=1S/C12H26O/c1-10(2)8-11(9-13)6-7-12(3,4)5/h10-11,13H,6-9H2,1-5H3. The molecule has 0 radical (unpaired) electrons. The van der Waals surface area contributed by atoms with Gasteiger partial charge in [-0.2, -0.15) is 0 Å². The maximum absolute atomic E-state index is 9.17. The fourth-order valence-electron chi connectivity index (χ4n) is 1.59. The highest BCUT2D eigenvalue weighted by molar-refractivity contribution is 4.67. The first kappa shape index (κ1) is 13.0. The zero-order valence-electron chi connectivity index (χ0n) is 9.93. The van der Waals surface area contributed by atoms with E-state index in [1.165, 1.54) is 6.42 Å². The van der Waals surface area contributed by atoms with Crippen LogP contribution in [0.25, 0.3) is 0 Å². The van der Waals surface area contributed by atoms with E-state index in [1.807, 2.05) is 0 Å². The third-order valence-electron chi connectivity index (χ3n) is 2.37. The molecule has 1 heteroatoms. The summed E-state index contributed by atoms with van der Waals surface area (Å²) in [6.07, 6.45) is 3.54. The molecule has 0 aliphatic carbocycles. The van der Waals surface area contributed by atoms with Gasteiger partial charge in [-0.15, -0.1) is 0 Å². The second-order valence-electron chi connectivity index (χ2n) is 5.78. The van der Waals surface area contributed by atoms with Crippen LogP contribution < -0.4 is 0 Å². The molecule has 0 fully saturated rings. The molecular weight excluding hydrogens is 160 g/mol. The van der Waals surface area contributed by atoms with Crippen molar-refractivity contribution < 1.29 is 5.11 Å². The van der Waals surface area contributed by atoms with Gasteiger partial charge in [-0.25, -0.2) is 0 Å². The number of aliphatic hydroxyl groups is 1. The summed E-state index contributed by atoms with van der Waals surface area (Å²) in [5.74, 6) is 1.22. The first-order chi connectivity index (χ1) is 5.85. The van der Waals surface area contributed by atoms with Gasteiger partial charge in [0.2, 0.25) is 0 Å². The molecule has 0 heterocycles. The number of aliphatic hydroxyl groups excluding tert-OH is 1. The Morgan fingerprint density at radius 2 is 1.69 bits per heavy atom. The lowest BCUT2D eigenvalue weighted by atomic mass is 9.84. The van der Waals surface area contributed by atoms with Crippen molar-refractivity contribution in [1.29, 1.82) is 0 Å². The van der Waals surface area contributed by atoms with Crippen LogP contribution >= 0.6 is 0 Å². The SMILES string of the molecule is CC(C)CC(CO)CCC(C)(C)C. The van der Waals surface area contributed by atoms with E-state index in [-0.39, 0.29) is 0 Å². The van der Waals surface area contributed by atoms with Crippen LogP contribution in [0.3, 0.4) is 0 Å². The van der Waals surface area contributed by atoms with Crippen LogP contribution in [0.4, 0.5) is 0 Å². The Morgan fingerprint density at radius 1 is 1.15 bits per heavy atom. The van der Waals surface area contributed by atoms with Gasteiger partial charge in [-0.1, -0.05) is 34.6 Å². The summed E-state index contributed by atoms with van der Waals surface area (Å²) in [6.45, 7) is 11.6. The molecule has 80 valence electrons. The van der Waals surface area contributed by atoms with Gasteiger partial charge >= 0.3 is 0 Å². The fourth-order valence-corrected chi connectivity index (χ4v) is 1.59. The Labute approximate surface area is 83.5 Å². The Morgan fingerprint density at radius 3 is 2.00 bits per heavy atom. The van der Waals surface area contributed by atoms with Gasteiger partial charge in [0.25, 0.3) is 0 Å². The van der Waals surface area contributed by atoms with Crippen LogP contribution in [0, 0.1) is 17.3 Å². The number of hydrogen-bond donors (Lipinski definition) is 1. The quantitative estimate of drug-likeness (QED) is 0.697. The molecule has 0 rings (SSSR count). The van der Waals surface area contributed by atoms with E-state index in [2.05, 4.69) is 34.6 Å². The smallest absolute Gasteiger partial charge is 0.0459 e. The first-order valence-corrected chi connectivity index (χ1v) is 5.46. The molecule has 0 aliphatic heterocycles. The minimum Gasteiger partial charge on any atom is -0.396 e. The predicted octanol–water partition coefficient (Wildman–Crippen LogP) is 3.47. The normalized spacial score (nSPS) is 15.0. The van der Waals surface area contributed by atoms with Crippen molar-refractivity contribution in [3.63, 3.8) is 0 Å². The summed E-state index contributed by atoms with van der Waals surface area (Å²) in [5.41, 5.74) is 0.407. The van der Waals surface area contributed by atoms with Crippen molar-refractivity contribution >= 4 is 0 Å². The summed E-state index contributed by atoms with van der Waals surface area (Å²) < 4.78 is 0. The molecule has 1 nitrogen and oxygen atoms in total. The molecule has 13 heavy (non-hydrogen) atoms. The maximum Gasteiger partial charge on any atom is 0.0459 e. The van der Waals surface area contributed by atoms with Crippen molar-refractivity contribution in [1.82, 2.24) is 0 Å². The number of hydrogen-bond acceptors (Lipinski definition) is 1. The molecule has 0 spiro atoms. The lowest BCUT2D eigenvalue weighted by Crippen LogP contribution is -2.14. The Kier molecular flexibility index (Phi) is 5.62. The molecule has 0 aromatic heterocycles. The molecular formula is C12H26O. The van der Waals surface area contributed by atoms with E-state index in [0.717, 1.165) is 12.8 Å². The monoisotopic (exact) mass is 186 g/mol. The zero-order valence-corrected chi connectivity index (χ0v) is 9.93. The highest BCUT2D eigenvalue weighted by Gasteiger charge is 2.15. The third kappa shape index (κ3) is 8.29. The Bertz CT molecular complexity index is 122. The summed E-state index contributed by atoms with van der Waals surface area (Å²) >= 11 is 0. The minimum atomic E-state index is 0.355. The average Bonchev–Trinajstić information content (AvgIpc) is 1.95. The van der Waals surface area contributed by atoms with E-state index in [1.54, 1.807) is 0 Å². The van der Waals surface area contributed by atoms with Crippen LogP contribution in [0.15, 0.2) is 0 Å². The summed E-state index contributed by atoms with van der Waals surface area (Å²) in [4.78, 5) is 0. The maximum atomic E-state index is 9.17. The summed E-state index contributed by atoms with van der Waals surface area (Å²) in [6, 6.07) is 0. The Hall–Kier alpha value is -0.0400. The van der Waals surface area contributed by atoms with E-state index >= 15 is 0 Å². The van der Waals surface area contributed by atoms with E-state index in [0.29, 0.717) is 23.9 Å². The molecule has 1 atom stereocenters. The van der Waals surface area contributed by atoms with E-state index in [9.17, 15) is 5.11 Å². The fraction of sp³-hybridized carbons (Fsp3) is 1.00. The van der Waals surface area contributed by atoms with Gasteiger partial charge in [0.1, 0.15) is 0 Å². The van der Waals surface area contributed by atoms with Crippen LogP contribution in [-0.4, -0.2) is 11.7 Å². The lowest BCUT2D eigenvalue weighted by Gasteiger charge is -2.22. The summed E-state index contributed by atoms with van der Waals surface area (Å²) in [7, 11) is 0. The van der Waals surface area contributed by atoms with Gasteiger partial charge in [-0.05, 0) is 36.5 Å². The molecule has 0 aromatic carbocycles. The van der Waals surface area contributed by atoms with Gasteiger partial charge < -0.3 is 5.11 Å². The van der Waals surface area contributed by atoms with E-state index < -0.39 is 0 Å². The highest BCUT2D eigenvalue weighted by atomic mass is 16.3. The van der Waals surface area contributed by atoms with E-state index in [4.69, 9.17) is 0 Å². The molecule has 0 aromatic rings. The van der Waals surface area contributed by atoms with Crippen LogP contribution in [0.2, 0.25) is 0 Å². The lowest BCUT2D eigenvalue weighted by molar-refractivity contribution is 0.181. The van der Waals surface area contributed by atoms with Crippen LogP contribution in [0.5, 0.6) is 0 Å². The zero-order chi connectivity index (χ0) is 10.5. The molecule has 0 bridgehead atoms. The highest BCUT2D eigenvalue weighted by Crippen LogP contribution is 2.26. The van der Waals surface area contributed by atoms with Crippen LogP contribution in [0.1, 0.15) is 53.9 Å². The van der Waals surface area contributed by atoms with Gasteiger partial charge in [0.05, 0.1) is 0 Å². The third-order valence-corrected chi connectivity index (χ3v) is 2.37. The average molecular weight is 186 g/mol. The van der Waals surface area contributed by atoms with Crippen molar-refractivity contribution in [3.05, 3.63) is 0 Å². The largest absolute Gasteiger partial charge is 0.396 e. The first-order valence-electron chi connectivity index (χ1n) is 5.46. The molecule has 0 aliphatic rings. The molecule has 0 saturated carbocycles. The molecule has 0 amide bonds. The molecule has 1 N–H and O–H groups in total. The minimum absolute atomic E-state index is 0.355. The topological polar surface area (TPSA) is 20.2 Å². The van der Waals surface area contributed by atoms with Gasteiger partial charge in [-0.3, -0.25) is 0 Å². The predicted molar refractivity (Wildman–Crippen MR) is 58.7 cm³/mol. The molecule has 0 saturated heterocycles. The second-order valence-corrected chi connectivity index (χ2v) is 5.78.